The zero-order valence-corrected chi connectivity index (χ0v) is 27.8. The molecule has 1 atom stereocenters. The van der Waals surface area contributed by atoms with Crippen LogP contribution < -0.4 is 10.6 Å². The zero-order chi connectivity index (χ0) is 32.3. The van der Waals surface area contributed by atoms with Crippen LogP contribution >= 0.6 is 0 Å². The van der Waals surface area contributed by atoms with E-state index in [4.69, 9.17) is 9.72 Å². The third kappa shape index (κ3) is 8.59. The van der Waals surface area contributed by atoms with Crippen molar-refractivity contribution in [2.75, 3.05) is 5.32 Å². The molecule has 2 aromatic carbocycles. The molecule has 231 valence electrons. The molecule has 0 radical (unpaired) electrons. The van der Waals surface area contributed by atoms with E-state index in [9.17, 15) is 4.79 Å². The SMILES string of the molecule is C=C(c1ccccc1)c1ccccc1NC(=O)C(CCC)N/C(=C\[CH2-])O[C](=[V])c1cc(C)c(C)nc1-c1cnc(CCC)nc1. The van der Waals surface area contributed by atoms with E-state index in [1.54, 1.807) is 18.5 Å². The van der Waals surface area contributed by atoms with Gasteiger partial charge in [0.1, 0.15) is 0 Å². The normalized spacial score (nSPS) is 11.8. The Labute approximate surface area is 275 Å². The van der Waals surface area contributed by atoms with Gasteiger partial charge in [0.05, 0.1) is 0 Å². The van der Waals surface area contributed by atoms with Gasteiger partial charge >= 0.3 is 258 Å². The molecule has 8 heteroatoms. The van der Waals surface area contributed by atoms with E-state index in [1.807, 2.05) is 81.4 Å². The number of hydrogen-bond acceptors (Lipinski definition) is 6. The first-order valence-electron chi connectivity index (χ1n) is 15.2. The van der Waals surface area contributed by atoms with E-state index in [0.717, 1.165) is 69.9 Å². The molecule has 0 aliphatic carbocycles. The number of ether oxygens (including phenoxy) is 1. The molecule has 4 rings (SSSR count). The van der Waals surface area contributed by atoms with Gasteiger partial charge in [-0.1, -0.05) is 18.2 Å². The van der Waals surface area contributed by atoms with E-state index >= 15 is 0 Å². The fourth-order valence-electron chi connectivity index (χ4n) is 4.81. The Kier molecular flexibility index (Phi) is 11.9. The first kappa shape index (κ1) is 33.4. The summed E-state index contributed by atoms with van der Waals surface area (Å²) in [5, 5.41) is 6.40. The number of anilines is 1. The second kappa shape index (κ2) is 16.0. The van der Waals surface area contributed by atoms with Crippen molar-refractivity contribution in [2.45, 2.75) is 59.4 Å². The third-order valence-electron chi connectivity index (χ3n) is 7.38. The number of pyridine rings is 1. The molecule has 0 aliphatic rings. The van der Waals surface area contributed by atoms with Crippen LogP contribution in [0.3, 0.4) is 0 Å². The molecule has 1 unspecified atom stereocenters. The van der Waals surface area contributed by atoms with Gasteiger partial charge in [-0.3, -0.25) is 0 Å². The summed E-state index contributed by atoms with van der Waals surface area (Å²) < 4.78 is 6.85. The van der Waals surface area contributed by atoms with Gasteiger partial charge in [-0.25, -0.2) is 0 Å². The second-order valence-electron chi connectivity index (χ2n) is 10.8. The second-order valence-corrected chi connectivity index (χ2v) is 11.4. The number of carbonyl (C=O) groups is 1. The first-order valence-corrected chi connectivity index (χ1v) is 15.9. The number of aromatic nitrogens is 3. The quantitative estimate of drug-likeness (QED) is 0.112. The Bertz CT molecular complexity index is 1680. The van der Waals surface area contributed by atoms with Crippen molar-refractivity contribution in [1.82, 2.24) is 20.3 Å². The standard InChI is InChI=1S/C37H40N5O2.V/c1-7-15-33(37(43)42-32-20-14-13-19-31(32)26(5)28-17-11-10-12-18-28)41-35(9-3)44-24-29-21-25(4)27(6)40-36(29)30-22-38-34(16-8-2)39-23-30;/h9-14,17-23,33,41H,3,5,7-8,15-16H2,1-2,4,6H3,(H,42,43);/q-1;/b35-9+;. The average molecular weight is 638 g/mol. The van der Waals surface area contributed by atoms with Gasteiger partial charge < -0.3 is 0 Å². The van der Waals surface area contributed by atoms with E-state index in [1.165, 1.54) is 0 Å². The number of aryl methyl sites for hydroxylation is 3. The molecule has 4 aromatic rings. The predicted molar refractivity (Wildman–Crippen MR) is 179 cm³/mol. The van der Waals surface area contributed by atoms with Crippen LogP contribution in [-0.2, 0) is 32.9 Å². The van der Waals surface area contributed by atoms with Crippen LogP contribution in [0.25, 0.3) is 16.8 Å². The van der Waals surface area contributed by atoms with Gasteiger partial charge in [-0.05, 0) is 0 Å². The van der Waals surface area contributed by atoms with Crippen molar-refractivity contribution >= 4 is 21.6 Å². The van der Waals surface area contributed by atoms with Crippen molar-refractivity contribution < 1.29 is 26.5 Å². The summed E-state index contributed by atoms with van der Waals surface area (Å²) in [5.41, 5.74) is 7.62. The Morgan fingerprint density at radius 3 is 2.38 bits per heavy atom. The molecule has 0 aliphatic heterocycles. The number of amides is 1. The molecule has 0 saturated carbocycles. The van der Waals surface area contributed by atoms with E-state index in [2.05, 4.69) is 58.0 Å². The summed E-state index contributed by atoms with van der Waals surface area (Å²) in [4.78, 5) is 27.6. The average Bonchev–Trinajstić information content (AvgIpc) is 3.06. The molecule has 7 nitrogen and oxygen atoms in total. The summed E-state index contributed by atoms with van der Waals surface area (Å²) in [6, 6.07) is 19.1. The maximum absolute atomic E-state index is 13.7. The monoisotopic (exact) mass is 637 g/mol. The van der Waals surface area contributed by atoms with E-state index < -0.39 is 6.04 Å². The van der Waals surface area contributed by atoms with Gasteiger partial charge in [-0.15, -0.1) is 0 Å². The van der Waals surface area contributed by atoms with Crippen LogP contribution in [0.4, 0.5) is 5.69 Å². The van der Waals surface area contributed by atoms with Crippen LogP contribution in [0.5, 0.6) is 0 Å². The predicted octanol–water partition coefficient (Wildman–Crippen LogP) is 7.28. The number of carbonyl (C=O) groups excluding carboxylic acids is 1. The summed E-state index contributed by atoms with van der Waals surface area (Å²) in [6.07, 6.45) is 8.35. The number of nitrogens with one attached hydrogen (secondary N) is 2. The summed E-state index contributed by atoms with van der Waals surface area (Å²) in [6.45, 7) is 16.4. The fourth-order valence-corrected chi connectivity index (χ4v) is 5.23. The molecule has 1 amide bonds. The van der Waals surface area contributed by atoms with Crippen LogP contribution in [-0.4, -0.2) is 31.3 Å². The number of hydrogen-bond donors (Lipinski definition) is 2. The van der Waals surface area contributed by atoms with Crippen molar-refractivity contribution in [3.05, 3.63) is 132 Å². The molecule has 2 aromatic heterocycles. The molecule has 0 spiro atoms. The number of rotatable bonds is 14. The Hall–Kier alpha value is -4.46. The van der Waals surface area contributed by atoms with Crippen LogP contribution in [0.1, 0.15) is 66.9 Å². The number of benzene rings is 2. The molecular formula is C37H40N5O2V-. The van der Waals surface area contributed by atoms with Crippen LogP contribution in [0, 0.1) is 20.8 Å². The van der Waals surface area contributed by atoms with E-state index in [-0.39, 0.29) is 5.91 Å². The summed E-state index contributed by atoms with van der Waals surface area (Å²) in [5.74, 6) is 0.983. The number of nitrogens with zero attached hydrogens (tertiary/aromatic N) is 3. The molecule has 0 saturated heterocycles. The first-order chi connectivity index (χ1) is 21.7. The Balaban J connectivity index is 1.53. The molecule has 0 fully saturated rings. The van der Waals surface area contributed by atoms with Gasteiger partial charge in [0.15, 0.2) is 0 Å². The fraction of sp³-hybridized carbons (Fsp3) is 0.243. The zero-order valence-electron chi connectivity index (χ0n) is 26.4. The Morgan fingerprint density at radius 1 is 1.02 bits per heavy atom. The topological polar surface area (TPSA) is 89.0 Å². The van der Waals surface area contributed by atoms with Gasteiger partial charge in [0, 0.05) is 0 Å². The van der Waals surface area contributed by atoms with Gasteiger partial charge in [0.2, 0.25) is 0 Å². The molecular weight excluding hydrogens is 597 g/mol. The number of allylic oxidation sites excluding steroid dienone is 1. The molecule has 2 heterocycles. The van der Waals surface area contributed by atoms with Crippen LogP contribution in [0.15, 0.2) is 91.6 Å². The van der Waals surface area contributed by atoms with Gasteiger partial charge in [0.25, 0.3) is 0 Å². The van der Waals surface area contributed by atoms with Gasteiger partial charge in [-0.2, -0.15) is 0 Å². The van der Waals surface area contributed by atoms with Crippen molar-refractivity contribution in [3.8, 4) is 11.3 Å². The maximum atomic E-state index is 13.7. The Morgan fingerprint density at radius 2 is 1.71 bits per heavy atom. The van der Waals surface area contributed by atoms with Crippen LogP contribution in [0.2, 0.25) is 0 Å². The number of para-hydroxylation sites is 1. The molecule has 0 bridgehead atoms. The summed E-state index contributed by atoms with van der Waals surface area (Å²) in [7, 11) is 0. The third-order valence-corrected chi connectivity index (χ3v) is 7.90. The van der Waals surface area contributed by atoms with Crippen molar-refractivity contribution in [3.63, 3.8) is 0 Å². The van der Waals surface area contributed by atoms with E-state index in [0.29, 0.717) is 22.4 Å². The summed E-state index contributed by atoms with van der Waals surface area (Å²) >= 11 is 2.47. The van der Waals surface area contributed by atoms with Crippen molar-refractivity contribution in [1.29, 1.82) is 0 Å². The minimum absolute atomic E-state index is 0.182. The molecule has 45 heavy (non-hydrogen) atoms. The minimum atomic E-state index is -0.571. The van der Waals surface area contributed by atoms with Crippen molar-refractivity contribution in [2.24, 2.45) is 0 Å². The molecule has 2 N–H and O–H groups in total.